The second-order valence-corrected chi connectivity index (χ2v) is 6.78. The van der Waals surface area contributed by atoms with Gasteiger partial charge in [-0.2, -0.15) is 5.10 Å². The number of ether oxygens (including phenoxy) is 1. The average molecular weight is 395 g/mol. The van der Waals surface area contributed by atoms with E-state index in [1.165, 1.54) is 6.07 Å². The molecule has 0 aliphatic rings. The van der Waals surface area contributed by atoms with E-state index in [0.717, 1.165) is 5.56 Å². The first-order chi connectivity index (χ1) is 13.8. The summed E-state index contributed by atoms with van der Waals surface area (Å²) in [6.07, 6.45) is 0. The Balaban J connectivity index is 1.63. The van der Waals surface area contributed by atoms with Gasteiger partial charge in [-0.1, -0.05) is 36.4 Å². The Hall–Kier alpha value is -3.48. The van der Waals surface area contributed by atoms with Crippen molar-refractivity contribution in [1.82, 2.24) is 9.78 Å². The van der Waals surface area contributed by atoms with Crippen molar-refractivity contribution in [2.24, 2.45) is 0 Å². The third kappa shape index (κ3) is 4.87. The van der Waals surface area contributed by atoms with E-state index >= 15 is 0 Å². The average Bonchev–Trinajstić information content (AvgIpc) is 2.97. The van der Waals surface area contributed by atoms with Gasteiger partial charge in [0.25, 0.3) is 5.91 Å². The Morgan fingerprint density at radius 3 is 2.52 bits per heavy atom. The Bertz CT molecular complexity index is 1040. The van der Waals surface area contributed by atoms with Gasteiger partial charge in [0.15, 0.2) is 6.61 Å². The minimum absolute atomic E-state index is 0.303. The summed E-state index contributed by atoms with van der Waals surface area (Å²) in [5, 5.41) is 6.92. The molecule has 0 spiro atoms. The number of aromatic nitrogens is 2. The predicted molar refractivity (Wildman–Crippen MR) is 107 cm³/mol. The molecule has 0 atom stereocenters. The topological polar surface area (TPSA) is 73.2 Å². The molecular formula is C22H22FN3O3. The molecule has 3 rings (SSSR count). The smallest absolute Gasteiger partial charge is 0.342 e. The van der Waals surface area contributed by atoms with E-state index in [0.29, 0.717) is 34.7 Å². The van der Waals surface area contributed by atoms with E-state index in [1.807, 2.05) is 30.3 Å². The molecule has 3 aromatic rings. The number of anilines is 1. The molecule has 0 bridgehead atoms. The zero-order valence-corrected chi connectivity index (χ0v) is 16.5. The highest BCUT2D eigenvalue weighted by atomic mass is 19.1. The number of nitrogens with zero attached hydrogens (tertiary/aromatic N) is 2. The summed E-state index contributed by atoms with van der Waals surface area (Å²) >= 11 is 0. The van der Waals surface area contributed by atoms with E-state index in [1.54, 1.807) is 37.6 Å². The second-order valence-electron chi connectivity index (χ2n) is 6.78. The lowest BCUT2D eigenvalue weighted by molar-refractivity contribution is -0.119. The third-order valence-corrected chi connectivity index (χ3v) is 4.55. The van der Waals surface area contributed by atoms with Crippen molar-refractivity contribution in [1.29, 1.82) is 0 Å². The van der Waals surface area contributed by atoms with Crippen molar-refractivity contribution in [3.8, 4) is 0 Å². The van der Waals surface area contributed by atoms with Crippen LogP contribution in [0.25, 0.3) is 0 Å². The molecule has 0 radical (unpaired) electrons. The third-order valence-electron chi connectivity index (χ3n) is 4.55. The van der Waals surface area contributed by atoms with Crippen LogP contribution in [0.1, 0.15) is 32.9 Å². The van der Waals surface area contributed by atoms with Gasteiger partial charge in [0, 0.05) is 5.69 Å². The summed E-state index contributed by atoms with van der Waals surface area (Å²) < 4.78 is 20.4. The van der Waals surface area contributed by atoms with Crippen molar-refractivity contribution < 1.29 is 18.7 Å². The summed E-state index contributed by atoms with van der Waals surface area (Å²) in [5.41, 5.74) is 3.38. The van der Waals surface area contributed by atoms with E-state index in [2.05, 4.69) is 10.4 Å². The number of hydrogen-bond donors (Lipinski definition) is 1. The lowest BCUT2D eigenvalue weighted by Crippen LogP contribution is -2.21. The molecule has 0 saturated carbocycles. The first-order valence-electron chi connectivity index (χ1n) is 9.16. The van der Waals surface area contributed by atoms with Gasteiger partial charge in [0.1, 0.15) is 11.4 Å². The SMILES string of the molecule is Cc1ccc(NC(=O)COC(=O)c2c(C)nn(Cc3ccccc3)c2C)cc1F. The van der Waals surface area contributed by atoms with Crippen LogP contribution in [0.4, 0.5) is 10.1 Å². The minimum Gasteiger partial charge on any atom is -0.452 e. The van der Waals surface area contributed by atoms with Crippen molar-refractivity contribution in [3.63, 3.8) is 0 Å². The molecular weight excluding hydrogens is 373 g/mol. The number of carbonyl (C=O) groups is 2. The molecule has 150 valence electrons. The number of nitrogens with one attached hydrogen (secondary N) is 1. The summed E-state index contributed by atoms with van der Waals surface area (Å²) in [7, 11) is 0. The molecule has 6 nitrogen and oxygen atoms in total. The van der Waals surface area contributed by atoms with Crippen molar-refractivity contribution in [2.75, 3.05) is 11.9 Å². The molecule has 2 aromatic carbocycles. The van der Waals surface area contributed by atoms with Gasteiger partial charge in [-0.15, -0.1) is 0 Å². The van der Waals surface area contributed by atoms with Crippen molar-refractivity contribution in [3.05, 3.63) is 82.4 Å². The highest BCUT2D eigenvalue weighted by Gasteiger charge is 2.21. The summed E-state index contributed by atoms with van der Waals surface area (Å²) in [4.78, 5) is 24.5. The van der Waals surface area contributed by atoms with E-state index in [-0.39, 0.29) is 0 Å². The Labute approximate surface area is 168 Å². The van der Waals surface area contributed by atoms with Crippen LogP contribution >= 0.6 is 0 Å². The first-order valence-corrected chi connectivity index (χ1v) is 9.16. The van der Waals surface area contributed by atoms with Crippen LogP contribution in [0.5, 0.6) is 0 Å². The van der Waals surface area contributed by atoms with Gasteiger partial charge in [-0.3, -0.25) is 9.48 Å². The first kappa shape index (κ1) is 20.3. The van der Waals surface area contributed by atoms with Crippen LogP contribution in [0, 0.1) is 26.6 Å². The summed E-state index contributed by atoms with van der Waals surface area (Å²) in [6, 6.07) is 14.1. The van der Waals surface area contributed by atoms with Gasteiger partial charge in [0.05, 0.1) is 17.9 Å². The van der Waals surface area contributed by atoms with Crippen LogP contribution < -0.4 is 5.32 Å². The van der Waals surface area contributed by atoms with Gasteiger partial charge in [0.2, 0.25) is 0 Å². The standard InChI is InChI=1S/C22H22FN3O3/c1-14-9-10-18(11-19(14)23)24-20(27)13-29-22(28)21-15(2)25-26(16(21)3)12-17-7-5-4-6-8-17/h4-11H,12-13H2,1-3H3,(H,24,27). The van der Waals surface area contributed by atoms with Gasteiger partial charge in [-0.25, -0.2) is 9.18 Å². The van der Waals surface area contributed by atoms with Gasteiger partial charge < -0.3 is 10.1 Å². The minimum atomic E-state index is -0.621. The zero-order valence-electron chi connectivity index (χ0n) is 16.5. The predicted octanol–water partition coefficient (Wildman–Crippen LogP) is 3.79. The molecule has 1 aromatic heterocycles. The van der Waals surface area contributed by atoms with Crippen LogP contribution in [0.15, 0.2) is 48.5 Å². The molecule has 1 amide bonds. The number of aryl methyl sites for hydroxylation is 2. The lowest BCUT2D eigenvalue weighted by atomic mass is 10.2. The Morgan fingerprint density at radius 1 is 1.10 bits per heavy atom. The van der Waals surface area contributed by atoms with E-state index in [9.17, 15) is 14.0 Å². The highest BCUT2D eigenvalue weighted by Crippen LogP contribution is 2.17. The van der Waals surface area contributed by atoms with Crippen molar-refractivity contribution >= 4 is 17.6 Å². The largest absolute Gasteiger partial charge is 0.452 e. The number of halogens is 1. The normalized spacial score (nSPS) is 10.6. The van der Waals surface area contributed by atoms with Gasteiger partial charge in [-0.05, 0) is 44.0 Å². The summed E-state index contributed by atoms with van der Waals surface area (Å²) in [5.74, 6) is -1.59. The maximum Gasteiger partial charge on any atom is 0.342 e. The van der Waals surface area contributed by atoms with Crippen LogP contribution in [-0.2, 0) is 16.1 Å². The Morgan fingerprint density at radius 2 is 1.83 bits per heavy atom. The highest BCUT2D eigenvalue weighted by molar-refractivity contribution is 5.96. The fourth-order valence-electron chi connectivity index (χ4n) is 2.97. The maximum atomic E-state index is 13.6. The number of carbonyl (C=O) groups excluding carboxylic acids is 2. The number of rotatable bonds is 6. The number of benzene rings is 2. The quantitative estimate of drug-likeness (QED) is 0.645. The molecule has 0 unspecified atom stereocenters. The van der Waals surface area contributed by atoms with Crippen LogP contribution in [0.2, 0.25) is 0 Å². The summed E-state index contributed by atoms with van der Waals surface area (Å²) in [6.45, 7) is 5.19. The monoisotopic (exact) mass is 395 g/mol. The van der Waals surface area contributed by atoms with E-state index < -0.39 is 24.3 Å². The second kappa shape index (κ2) is 8.68. The number of hydrogen-bond acceptors (Lipinski definition) is 4. The van der Waals surface area contributed by atoms with Crippen molar-refractivity contribution in [2.45, 2.75) is 27.3 Å². The molecule has 0 aliphatic heterocycles. The zero-order chi connectivity index (χ0) is 21.0. The fourth-order valence-corrected chi connectivity index (χ4v) is 2.97. The molecule has 7 heteroatoms. The van der Waals surface area contributed by atoms with Crippen LogP contribution in [0.3, 0.4) is 0 Å². The molecule has 1 heterocycles. The Kier molecular flexibility index (Phi) is 6.07. The van der Waals surface area contributed by atoms with E-state index in [4.69, 9.17) is 4.74 Å². The molecule has 29 heavy (non-hydrogen) atoms. The van der Waals surface area contributed by atoms with Gasteiger partial charge >= 0.3 is 5.97 Å². The fraction of sp³-hybridized carbons (Fsp3) is 0.227. The van der Waals surface area contributed by atoms with Crippen LogP contribution in [-0.4, -0.2) is 28.3 Å². The molecule has 0 aliphatic carbocycles. The molecule has 0 fully saturated rings. The molecule has 1 N–H and O–H groups in total. The number of amides is 1. The number of esters is 1. The molecule has 0 saturated heterocycles. The maximum absolute atomic E-state index is 13.6. The lowest BCUT2D eigenvalue weighted by Gasteiger charge is -2.08.